The van der Waals surface area contributed by atoms with Crippen LogP contribution >= 0.6 is 0 Å². The third-order valence-corrected chi connectivity index (χ3v) is 4.10. The van der Waals surface area contributed by atoms with Gasteiger partial charge in [-0.2, -0.15) is 13.5 Å². The van der Waals surface area contributed by atoms with E-state index in [1.807, 2.05) is 0 Å². The summed E-state index contributed by atoms with van der Waals surface area (Å²) < 4.78 is 49.1. The molecule has 1 heterocycles. The van der Waals surface area contributed by atoms with Gasteiger partial charge in [0.1, 0.15) is 10.7 Å². The molecule has 9 heteroatoms. The lowest BCUT2D eigenvalue weighted by molar-refractivity contribution is 0.102. The SMILES string of the molecule is O=C(Nc1cccc(S(=O)(=O)F)c1)c1ccn(-c2ccc(F)cc2)n1. The Morgan fingerprint density at radius 3 is 2.48 bits per heavy atom. The first-order valence-electron chi connectivity index (χ1n) is 7.01. The number of hydrogen-bond acceptors (Lipinski definition) is 4. The van der Waals surface area contributed by atoms with Gasteiger partial charge in [-0.15, -0.1) is 3.89 Å². The third-order valence-electron chi connectivity index (χ3n) is 3.29. The summed E-state index contributed by atoms with van der Waals surface area (Å²) in [7, 11) is -4.86. The second-order valence-electron chi connectivity index (χ2n) is 5.04. The van der Waals surface area contributed by atoms with Gasteiger partial charge in [-0.1, -0.05) is 6.07 Å². The molecule has 1 aromatic heterocycles. The second kappa shape index (κ2) is 6.44. The van der Waals surface area contributed by atoms with Gasteiger partial charge < -0.3 is 5.32 Å². The van der Waals surface area contributed by atoms with Gasteiger partial charge in [0.25, 0.3) is 5.91 Å². The van der Waals surface area contributed by atoms with Crippen molar-refractivity contribution in [1.29, 1.82) is 0 Å². The molecule has 1 N–H and O–H groups in total. The number of halogens is 2. The van der Waals surface area contributed by atoms with Crippen molar-refractivity contribution in [2.45, 2.75) is 4.90 Å². The molecule has 128 valence electrons. The van der Waals surface area contributed by atoms with E-state index in [9.17, 15) is 21.5 Å². The van der Waals surface area contributed by atoms with Crippen LogP contribution in [0.15, 0.2) is 65.7 Å². The normalized spacial score (nSPS) is 11.3. The van der Waals surface area contributed by atoms with Crippen LogP contribution in [0.4, 0.5) is 14.0 Å². The monoisotopic (exact) mass is 363 g/mol. The summed E-state index contributed by atoms with van der Waals surface area (Å²) in [6.07, 6.45) is 1.52. The molecule has 0 radical (unpaired) electrons. The highest BCUT2D eigenvalue weighted by molar-refractivity contribution is 7.86. The summed E-state index contributed by atoms with van der Waals surface area (Å²) in [5.74, 6) is -0.995. The zero-order valence-corrected chi connectivity index (χ0v) is 13.4. The van der Waals surface area contributed by atoms with E-state index in [-0.39, 0.29) is 11.4 Å². The van der Waals surface area contributed by atoms with E-state index < -0.39 is 26.8 Å². The summed E-state index contributed by atoms with van der Waals surface area (Å²) in [6, 6.07) is 11.8. The number of nitrogens with one attached hydrogen (secondary N) is 1. The van der Waals surface area contributed by atoms with Gasteiger partial charge in [0, 0.05) is 11.9 Å². The number of carbonyl (C=O) groups is 1. The fraction of sp³-hybridized carbons (Fsp3) is 0. The molecule has 0 aliphatic heterocycles. The summed E-state index contributed by atoms with van der Waals surface area (Å²) in [4.78, 5) is 11.6. The van der Waals surface area contributed by atoms with Crippen molar-refractivity contribution < 1.29 is 21.5 Å². The van der Waals surface area contributed by atoms with Crippen molar-refractivity contribution in [3.05, 3.63) is 72.3 Å². The molecule has 0 bridgehead atoms. The predicted octanol–water partition coefficient (Wildman–Crippen LogP) is 2.92. The van der Waals surface area contributed by atoms with E-state index in [1.165, 1.54) is 53.3 Å². The van der Waals surface area contributed by atoms with Gasteiger partial charge in [-0.25, -0.2) is 9.07 Å². The Bertz CT molecular complexity index is 1030. The highest BCUT2D eigenvalue weighted by atomic mass is 32.3. The minimum atomic E-state index is -4.86. The average Bonchev–Trinajstić information content (AvgIpc) is 3.05. The van der Waals surface area contributed by atoms with Crippen molar-refractivity contribution in [3.63, 3.8) is 0 Å². The molecule has 3 aromatic rings. The molecule has 0 unspecified atom stereocenters. The van der Waals surface area contributed by atoms with Gasteiger partial charge in [0.15, 0.2) is 5.69 Å². The van der Waals surface area contributed by atoms with Crippen molar-refractivity contribution in [3.8, 4) is 5.69 Å². The Hall–Kier alpha value is -3.07. The molecule has 0 atom stereocenters. The molecular weight excluding hydrogens is 352 g/mol. The predicted molar refractivity (Wildman–Crippen MR) is 86.2 cm³/mol. The molecule has 2 aromatic carbocycles. The molecule has 0 saturated heterocycles. The fourth-order valence-electron chi connectivity index (χ4n) is 2.10. The number of benzene rings is 2. The maximum atomic E-state index is 13.0. The quantitative estimate of drug-likeness (QED) is 0.723. The van der Waals surface area contributed by atoms with Crippen LogP contribution in [0.25, 0.3) is 5.69 Å². The Morgan fingerprint density at radius 1 is 1.08 bits per heavy atom. The Labute approximate surface area is 141 Å². The zero-order chi connectivity index (χ0) is 18.0. The Balaban J connectivity index is 1.80. The van der Waals surface area contributed by atoms with Crippen molar-refractivity contribution in [2.24, 2.45) is 0 Å². The zero-order valence-electron chi connectivity index (χ0n) is 12.6. The maximum Gasteiger partial charge on any atom is 0.332 e. The van der Waals surface area contributed by atoms with E-state index in [0.29, 0.717) is 5.69 Å². The number of aromatic nitrogens is 2. The van der Waals surface area contributed by atoms with Crippen molar-refractivity contribution in [1.82, 2.24) is 9.78 Å². The van der Waals surface area contributed by atoms with Crippen LogP contribution in [0.2, 0.25) is 0 Å². The lowest BCUT2D eigenvalue weighted by Crippen LogP contribution is -2.13. The molecule has 1 amide bonds. The van der Waals surface area contributed by atoms with Gasteiger partial charge >= 0.3 is 10.2 Å². The van der Waals surface area contributed by atoms with Gasteiger partial charge in [-0.05, 0) is 48.5 Å². The lowest BCUT2D eigenvalue weighted by Gasteiger charge is -2.04. The van der Waals surface area contributed by atoms with Crippen LogP contribution in [0, 0.1) is 5.82 Å². The van der Waals surface area contributed by atoms with E-state index >= 15 is 0 Å². The number of carbonyl (C=O) groups excluding carboxylic acids is 1. The van der Waals surface area contributed by atoms with E-state index in [4.69, 9.17) is 0 Å². The van der Waals surface area contributed by atoms with Crippen LogP contribution in [-0.4, -0.2) is 24.1 Å². The highest BCUT2D eigenvalue weighted by Gasteiger charge is 2.14. The maximum absolute atomic E-state index is 13.0. The number of amides is 1. The molecular formula is C16H11F2N3O3S. The molecule has 0 aliphatic carbocycles. The van der Waals surface area contributed by atoms with E-state index in [2.05, 4.69) is 10.4 Å². The molecule has 0 aliphatic rings. The molecule has 0 fully saturated rings. The minimum absolute atomic E-state index is 0.0535. The van der Waals surface area contributed by atoms with Gasteiger partial charge in [-0.3, -0.25) is 4.79 Å². The van der Waals surface area contributed by atoms with Crippen LogP contribution in [0.1, 0.15) is 10.5 Å². The summed E-state index contributed by atoms with van der Waals surface area (Å²) in [6.45, 7) is 0. The topological polar surface area (TPSA) is 81.1 Å². The molecule has 0 saturated carbocycles. The van der Waals surface area contributed by atoms with E-state index in [1.54, 1.807) is 0 Å². The largest absolute Gasteiger partial charge is 0.332 e. The fourth-order valence-corrected chi connectivity index (χ4v) is 2.61. The summed E-state index contributed by atoms with van der Waals surface area (Å²) in [5, 5.41) is 6.51. The Morgan fingerprint density at radius 2 is 1.80 bits per heavy atom. The summed E-state index contributed by atoms with van der Waals surface area (Å²) in [5.41, 5.74) is 0.726. The molecule has 3 rings (SSSR count). The average molecular weight is 363 g/mol. The van der Waals surface area contributed by atoms with E-state index in [0.717, 1.165) is 12.1 Å². The minimum Gasteiger partial charge on any atom is -0.321 e. The molecule has 0 spiro atoms. The molecule has 6 nitrogen and oxygen atoms in total. The number of rotatable bonds is 4. The highest BCUT2D eigenvalue weighted by Crippen LogP contribution is 2.18. The van der Waals surface area contributed by atoms with Crippen LogP contribution in [0.5, 0.6) is 0 Å². The first kappa shape index (κ1) is 16.8. The molecule has 25 heavy (non-hydrogen) atoms. The van der Waals surface area contributed by atoms with Crippen LogP contribution < -0.4 is 5.32 Å². The number of hydrogen-bond donors (Lipinski definition) is 1. The standard InChI is InChI=1S/C16H11F2N3O3S/c17-11-4-6-13(7-5-11)21-9-8-15(20-21)16(22)19-12-2-1-3-14(10-12)25(18,23)24/h1-10H,(H,19,22). The van der Waals surface area contributed by atoms with Gasteiger partial charge in [0.2, 0.25) is 0 Å². The first-order valence-corrected chi connectivity index (χ1v) is 8.39. The third kappa shape index (κ3) is 3.89. The van der Waals surface area contributed by atoms with Gasteiger partial charge in [0.05, 0.1) is 5.69 Å². The first-order chi connectivity index (χ1) is 11.8. The van der Waals surface area contributed by atoms with Crippen molar-refractivity contribution >= 4 is 21.8 Å². The van der Waals surface area contributed by atoms with Crippen LogP contribution in [-0.2, 0) is 10.2 Å². The summed E-state index contributed by atoms with van der Waals surface area (Å²) >= 11 is 0. The number of anilines is 1. The van der Waals surface area contributed by atoms with Crippen molar-refractivity contribution in [2.75, 3.05) is 5.32 Å². The second-order valence-corrected chi connectivity index (χ2v) is 6.39. The van der Waals surface area contributed by atoms with Crippen LogP contribution in [0.3, 0.4) is 0 Å². The number of nitrogens with zero attached hydrogens (tertiary/aromatic N) is 2. The Kier molecular flexibility index (Phi) is 4.32. The smallest absolute Gasteiger partial charge is 0.321 e. The lowest BCUT2D eigenvalue weighted by atomic mass is 10.3.